The molecule has 0 spiro atoms. The lowest BCUT2D eigenvalue weighted by Gasteiger charge is -2.02. The zero-order valence-corrected chi connectivity index (χ0v) is 5.82. The second-order valence-electron chi connectivity index (χ2n) is 1.50. The zero-order chi connectivity index (χ0) is 6.41. The van der Waals surface area contributed by atoms with Crippen LogP contribution in [0, 0.1) is 0 Å². The third-order valence-corrected chi connectivity index (χ3v) is 1.75. The summed E-state index contributed by atoms with van der Waals surface area (Å²) in [5.41, 5.74) is 0. The minimum absolute atomic E-state index is 0.118. The second kappa shape index (κ2) is 5.41. The van der Waals surface area contributed by atoms with Gasteiger partial charge < -0.3 is 10.2 Å². The molecule has 2 N–H and O–H groups in total. The van der Waals surface area contributed by atoms with Crippen molar-refractivity contribution in [1.82, 2.24) is 0 Å². The van der Waals surface area contributed by atoms with Crippen LogP contribution < -0.4 is 0 Å². The predicted octanol–water partition coefficient (Wildman–Crippen LogP) is 0.0927. The molecule has 0 saturated carbocycles. The monoisotopic (exact) mass is 136 g/mol. The molecule has 1 atom stereocenters. The first-order chi connectivity index (χ1) is 3.81. The molecule has 2 nitrogen and oxygen atoms in total. The highest BCUT2D eigenvalue weighted by Crippen LogP contribution is 1.99. The van der Waals surface area contributed by atoms with Crippen molar-refractivity contribution in [3.05, 3.63) is 0 Å². The molecule has 0 aliphatic rings. The Balaban J connectivity index is 2.86. The molecule has 50 valence electrons. The van der Waals surface area contributed by atoms with Crippen molar-refractivity contribution in [3.8, 4) is 0 Å². The summed E-state index contributed by atoms with van der Waals surface area (Å²) < 4.78 is 0. The topological polar surface area (TPSA) is 40.5 Å². The Morgan fingerprint density at radius 2 is 2.25 bits per heavy atom. The third-order valence-electron chi connectivity index (χ3n) is 0.725. The average molecular weight is 136 g/mol. The van der Waals surface area contributed by atoms with Gasteiger partial charge in [-0.15, -0.1) is 0 Å². The van der Waals surface area contributed by atoms with Crippen molar-refractivity contribution >= 4 is 11.8 Å². The van der Waals surface area contributed by atoms with Crippen LogP contribution in [0.5, 0.6) is 0 Å². The van der Waals surface area contributed by atoms with E-state index in [4.69, 9.17) is 10.2 Å². The van der Waals surface area contributed by atoms with Gasteiger partial charge in [0.15, 0.2) is 0 Å². The highest BCUT2D eigenvalue weighted by Gasteiger charge is 1.98. The van der Waals surface area contributed by atoms with E-state index in [1.165, 1.54) is 0 Å². The molecule has 0 saturated heterocycles. The molecular weight excluding hydrogens is 124 g/mol. The van der Waals surface area contributed by atoms with Crippen LogP contribution in [0.15, 0.2) is 0 Å². The largest absolute Gasteiger partial charge is 0.394 e. The Bertz CT molecular complexity index is 49.7. The molecule has 0 aromatic heterocycles. The van der Waals surface area contributed by atoms with Gasteiger partial charge in [0.25, 0.3) is 0 Å². The lowest BCUT2D eigenvalue weighted by Crippen LogP contribution is -2.14. The molecule has 0 rings (SSSR count). The highest BCUT2D eigenvalue weighted by molar-refractivity contribution is 7.99. The summed E-state index contributed by atoms with van der Waals surface area (Å²) in [6.07, 6.45) is -0.528. The maximum Gasteiger partial charge on any atom is 0.0861 e. The van der Waals surface area contributed by atoms with Crippen molar-refractivity contribution in [3.63, 3.8) is 0 Å². The van der Waals surface area contributed by atoms with Crippen molar-refractivity contribution in [2.45, 2.75) is 13.0 Å². The summed E-state index contributed by atoms with van der Waals surface area (Å²) in [4.78, 5) is 0. The molecule has 0 aliphatic heterocycles. The SMILES string of the molecule is CCSC[C@@H](O)CO. The quantitative estimate of drug-likeness (QED) is 0.575. The molecular formula is C5H12O2S. The van der Waals surface area contributed by atoms with Crippen molar-refractivity contribution < 1.29 is 10.2 Å². The molecule has 0 bridgehead atoms. The van der Waals surface area contributed by atoms with Crippen LogP contribution in [0.2, 0.25) is 0 Å². The molecule has 3 heteroatoms. The maximum absolute atomic E-state index is 8.72. The molecule has 0 aliphatic carbocycles. The van der Waals surface area contributed by atoms with Crippen LogP contribution in [0.4, 0.5) is 0 Å². The Hall–Kier alpha value is 0.270. The first kappa shape index (κ1) is 8.27. The molecule has 0 fully saturated rings. The Kier molecular flexibility index (Phi) is 5.59. The second-order valence-corrected chi connectivity index (χ2v) is 2.81. The van der Waals surface area contributed by atoms with Crippen molar-refractivity contribution in [2.75, 3.05) is 18.1 Å². The number of hydrogen-bond acceptors (Lipinski definition) is 3. The van der Waals surface area contributed by atoms with Crippen LogP contribution in [0.25, 0.3) is 0 Å². The molecule has 0 aromatic carbocycles. The van der Waals surface area contributed by atoms with Gasteiger partial charge >= 0.3 is 0 Å². The molecule has 0 aromatic rings. The van der Waals surface area contributed by atoms with E-state index in [9.17, 15) is 0 Å². The standard InChI is InChI=1S/C5H12O2S/c1-2-8-4-5(7)3-6/h5-7H,2-4H2,1H3/t5-/m0/s1. The van der Waals surface area contributed by atoms with E-state index in [0.29, 0.717) is 5.75 Å². The number of rotatable bonds is 4. The van der Waals surface area contributed by atoms with E-state index >= 15 is 0 Å². The van der Waals surface area contributed by atoms with E-state index in [0.717, 1.165) is 5.75 Å². The lowest BCUT2D eigenvalue weighted by molar-refractivity contribution is 0.113. The minimum Gasteiger partial charge on any atom is -0.394 e. The fourth-order valence-electron chi connectivity index (χ4n) is 0.307. The summed E-state index contributed by atoms with van der Waals surface area (Å²) in [6.45, 7) is 1.90. The van der Waals surface area contributed by atoms with Gasteiger partial charge in [-0.2, -0.15) is 11.8 Å². The summed E-state index contributed by atoms with van der Waals surface area (Å²) >= 11 is 1.63. The van der Waals surface area contributed by atoms with Gasteiger partial charge in [-0.3, -0.25) is 0 Å². The van der Waals surface area contributed by atoms with Crippen LogP contribution in [0.1, 0.15) is 6.92 Å². The minimum atomic E-state index is -0.528. The highest BCUT2D eigenvalue weighted by atomic mass is 32.2. The molecule has 0 radical (unpaired) electrons. The predicted molar refractivity (Wildman–Crippen MR) is 36.1 cm³/mol. The molecule has 0 unspecified atom stereocenters. The first-order valence-electron chi connectivity index (χ1n) is 2.68. The summed E-state index contributed by atoms with van der Waals surface area (Å²) in [6, 6.07) is 0. The lowest BCUT2D eigenvalue weighted by atomic mass is 10.4. The molecule has 8 heavy (non-hydrogen) atoms. The number of aliphatic hydroxyl groups is 2. The molecule has 0 heterocycles. The Labute approximate surface area is 53.9 Å². The maximum atomic E-state index is 8.72. The van der Waals surface area contributed by atoms with Gasteiger partial charge in [0, 0.05) is 5.75 Å². The van der Waals surface area contributed by atoms with Gasteiger partial charge in [-0.05, 0) is 5.75 Å². The Morgan fingerprint density at radius 1 is 1.62 bits per heavy atom. The average Bonchev–Trinajstić information content (AvgIpc) is 1.83. The number of thioether (sulfide) groups is 1. The summed E-state index contributed by atoms with van der Waals surface area (Å²) in [5, 5.41) is 17.0. The third kappa shape index (κ3) is 4.43. The van der Waals surface area contributed by atoms with Crippen LogP contribution in [-0.2, 0) is 0 Å². The number of aliphatic hydroxyl groups excluding tert-OH is 2. The normalized spacial score (nSPS) is 13.9. The van der Waals surface area contributed by atoms with Crippen LogP contribution >= 0.6 is 11.8 Å². The van der Waals surface area contributed by atoms with E-state index in [2.05, 4.69) is 0 Å². The molecule has 0 amide bonds. The van der Waals surface area contributed by atoms with E-state index in [-0.39, 0.29) is 6.61 Å². The summed E-state index contributed by atoms with van der Waals surface area (Å²) in [7, 11) is 0. The Morgan fingerprint density at radius 3 is 2.62 bits per heavy atom. The van der Waals surface area contributed by atoms with Gasteiger partial charge in [0.1, 0.15) is 0 Å². The van der Waals surface area contributed by atoms with Crippen LogP contribution in [-0.4, -0.2) is 34.4 Å². The van der Waals surface area contributed by atoms with Gasteiger partial charge in [0.2, 0.25) is 0 Å². The fraction of sp³-hybridized carbons (Fsp3) is 1.00. The van der Waals surface area contributed by atoms with Crippen molar-refractivity contribution in [2.24, 2.45) is 0 Å². The first-order valence-corrected chi connectivity index (χ1v) is 3.83. The van der Waals surface area contributed by atoms with Crippen LogP contribution in [0.3, 0.4) is 0 Å². The van der Waals surface area contributed by atoms with E-state index in [1.807, 2.05) is 6.92 Å². The van der Waals surface area contributed by atoms with E-state index < -0.39 is 6.10 Å². The zero-order valence-electron chi connectivity index (χ0n) is 5.00. The smallest absolute Gasteiger partial charge is 0.0861 e. The van der Waals surface area contributed by atoms with Gasteiger partial charge in [-0.25, -0.2) is 0 Å². The van der Waals surface area contributed by atoms with E-state index in [1.54, 1.807) is 11.8 Å². The van der Waals surface area contributed by atoms with Gasteiger partial charge in [0.05, 0.1) is 12.7 Å². The van der Waals surface area contributed by atoms with Gasteiger partial charge in [-0.1, -0.05) is 6.92 Å². The number of hydrogen-bond donors (Lipinski definition) is 2. The van der Waals surface area contributed by atoms with Crippen molar-refractivity contribution in [1.29, 1.82) is 0 Å². The fourth-order valence-corrected chi connectivity index (χ4v) is 0.920. The summed E-state index contributed by atoms with van der Waals surface area (Å²) in [5.74, 6) is 1.64.